The molecule has 0 aromatic heterocycles. The van der Waals surface area contributed by atoms with Crippen molar-refractivity contribution in [3.8, 4) is 0 Å². The molecule has 0 saturated heterocycles. The second-order valence-electron chi connectivity index (χ2n) is 3.72. The number of carbonyl (C=O) groups excluding carboxylic acids is 1. The highest BCUT2D eigenvalue weighted by molar-refractivity contribution is 7.99. The van der Waals surface area contributed by atoms with Crippen LogP contribution in [0.3, 0.4) is 0 Å². The maximum atomic E-state index is 11.4. The Labute approximate surface area is 134 Å². The summed E-state index contributed by atoms with van der Waals surface area (Å²) >= 11 is 13.4. The summed E-state index contributed by atoms with van der Waals surface area (Å²) in [5.41, 5.74) is 6.32. The highest BCUT2D eigenvalue weighted by Crippen LogP contribution is 2.24. The molecule has 0 aliphatic carbocycles. The Morgan fingerprint density at radius 3 is 2.74 bits per heavy atom. The Morgan fingerprint density at radius 1 is 1.37 bits per heavy atom. The molecule has 3 nitrogen and oxygen atoms in total. The van der Waals surface area contributed by atoms with Gasteiger partial charge in [-0.15, -0.1) is 24.2 Å². The van der Waals surface area contributed by atoms with E-state index in [2.05, 4.69) is 5.32 Å². The molecule has 1 rings (SSSR count). The fourth-order valence-electron chi connectivity index (χ4n) is 1.27. The highest BCUT2D eigenvalue weighted by atomic mass is 35.5. The van der Waals surface area contributed by atoms with Gasteiger partial charge < -0.3 is 11.1 Å². The van der Waals surface area contributed by atoms with Gasteiger partial charge in [0.05, 0.1) is 5.75 Å². The maximum Gasteiger partial charge on any atom is 0.230 e. The van der Waals surface area contributed by atoms with E-state index >= 15 is 0 Å². The molecule has 1 amide bonds. The topological polar surface area (TPSA) is 55.1 Å². The van der Waals surface area contributed by atoms with Gasteiger partial charge in [-0.2, -0.15) is 0 Å². The van der Waals surface area contributed by atoms with Gasteiger partial charge >= 0.3 is 0 Å². The van der Waals surface area contributed by atoms with E-state index < -0.39 is 0 Å². The van der Waals surface area contributed by atoms with Crippen LogP contribution in [0.2, 0.25) is 10.0 Å². The summed E-state index contributed by atoms with van der Waals surface area (Å²) in [6, 6.07) is 5.38. The number of hydrogen-bond acceptors (Lipinski definition) is 3. The number of hydrogen-bond donors (Lipinski definition) is 2. The first-order chi connectivity index (χ1) is 8.63. The van der Waals surface area contributed by atoms with Crippen LogP contribution < -0.4 is 11.1 Å². The molecular weight excluding hydrogens is 327 g/mol. The molecule has 1 aromatic carbocycles. The molecule has 0 saturated carbocycles. The predicted molar refractivity (Wildman–Crippen MR) is 86.6 cm³/mol. The second kappa shape index (κ2) is 10.6. The van der Waals surface area contributed by atoms with Crippen LogP contribution in [-0.4, -0.2) is 24.7 Å². The molecule has 0 aliphatic heterocycles. The largest absolute Gasteiger partial charge is 0.355 e. The Morgan fingerprint density at radius 2 is 2.11 bits per heavy atom. The molecule has 108 valence electrons. The number of amides is 1. The summed E-state index contributed by atoms with van der Waals surface area (Å²) in [5.74, 6) is 1.14. The smallest absolute Gasteiger partial charge is 0.230 e. The van der Waals surface area contributed by atoms with Gasteiger partial charge in [-0.05, 0) is 30.7 Å². The summed E-state index contributed by atoms with van der Waals surface area (Å²) in [6.07, 6.45) is 0.805. The molecule has 19 heavy (non-hydrogen) atoms. The van der Waals surface area contributed by atoms with Crippen LogP contribution in [0.4, 0.5) is 0 Å². The normalized spacial score (nSPS) is 9.84. The van der Waals surface area contributed by atoms with E-state index in [1.165, 1.54) is 11.8 Å². The molecule has 0 unspecified atom stereocenters. The minimum Gasteiger partial charge on any atom is -0.355 e. The van der Waals surface area contributed by atoms with Crippen molar-refractivity contribution in [3.63, 3.8) is 0 Å². The number of nitrogens with two attached hydrogens (primary N) is 1. The van der Waals surface area contributed by atoms with Crippen molar-refractivity contribution < 1.29 is 4.79 Å². The van der Waals surface area contributed by atoms with Crippen LogP contribution in [0.1, 0.15) is 12.0 Å². The van der Waals surface area contributed by atoms with E-state index in [1.54, 1.807) is 12.1 Å². The lowest BCUT2D eigenvalue weighted by Gasteiger charge is -2.06. The Kier molecular flexibility index (Phi) is 10.6. The zero-order valence-corrected chi connectivity index (χ0v) is 13.5. The van der Waals surface area contributed by atoms with Gasteiger partial charge in [0.2, 0.25) is 5.91 Å². The number of halogens is 3. The molecule has 0 heterocycles. The van der Waals surface area contributed by atoms with Crippen LogP contribution in [0.25, 0.3) is 0 Å². The third-order valence-corrected chi connectivity index (χ3v) is 3.78. The molecule has 0 fully saturated rings. The maximum absolute atomic E-state index is 11.4. The van der Waals surface area contributed by atoms with Crippen LogP contribution in [-0.2, 0) is 10.5 Å². The molecule has 0 atom stereocenters. The van der Waals surface area contributed by atoms with Gasteiger partial charge in [0, 0.05) is 22.3 Å². The van der Waals surface area contributed by atoms with Crippen LogP contribution in [0.15, 0.2) is 18.2 Å². The van der Waals surface area contributed by atoms with E-state index in [1.807, 2.05) is 6.07 Å². The zero-order chi connectivity index (χ0) is 13.4. The number of benzene rings is 1. The second-order valence-corrected chi connectivity index (χ2v) is 5.55. The van der Waals surface area contributed by atoms with E-state index in [0.717, 1.165) is 12.0 Å². The zero-order valence-electron chi connectivity index (χ0n) is 10.3. The first-order valence-electron chi connectivity index (χ1n) is 5.62. The third-order valence-electron chi connectivity index (χ3n) is 2.21. The molecule has 7 heteroatoms. The van der Waals surface area contributed by atoms with E-state index in [4.69, 9.17) is 28.9 Å². The first kappa shape index (κ1) is 18.9. The Hall–Kier alpha value is -0.130. The third kappa shape index (κ3) is 7.90. The van der Waals surface area contributed by atoms with E-state index in [0.29, 0.717) is 34.6 Å². The summed E-state index contributed by atoms with van der Waals surface area (Å²) in [6.45, 7) is 1.23. The molecule has 0 aliphatic rings. The number of carbonyl (C=O) groups is 1. The molecule has 3 N–H and O–H groups in total. The number of nitrogens with one attached hydrogen (secondary N) is 1. The minimum atomic E-state index is 0. The van der Waals surface area contributed by atoms with Gasteiger partial charge in [-0.25, -0.2) is 0 Å². The molecule has 0 bridgehead atoms. The lowest BCUT2D eigenvalue weighted by atomic mass is 10.2. The van der Waals surface area contributed by atoms with Crippen LogP contribution in [0, 0.1) is 0 Å². The van der Waals surface area contributed by atoms with Crippen molar-refractivity contribution in [2.75, 3.05) is 18.8 Å². The van der Waals surface area contributed by atoms with Crippen molar-refractivity contribution in [3.05, 3.63) is 33.8 Å². The standard InChI is InChI=1S/C12H16Cl2N2OS.ClH/c13-10-3-2-9(11(14)6-10)7-18-8-12(17)16-5-1-4-15;/h2-3,6H,1,4-5,7-8,15H2,(H,16,17);1H. The number of rotatable bonds is 7. The molecular formula is C12H17Cl3N2OS. The summed E-state index contributed by atoms with van der Waals surface area (Å²) in [4.78, 5) is 11.4. The van der Waals surface area contributed by atoms with Crippen molar-refractivity contribution >= 4 is 53.3 Å². The quantitative estimate of drug-likeness (QED) is 0.748. The minimum absolute atomic E-state index is 0. The van der Waals surface area contributed by atoms with Gasteiger partial charge in [0.1, 0.15) is 0 Å². The molecule has 1 aromatic rings. The van der Waals surface area contributed by atoms with Crippen molar-refractivity contribution in [1.29, 1.82) is 0 Å². The predicted octanol–water partition coefficient (Wildman–Crippen LogP) is 3.11. The summed E-state index contributed by atoms with van der Waals surface area (Å²) < 4.78 is 0. The van der Waals surface area contributed by atoms with Crippen LogP contribution in [0.5, 0.6) is 0 Å². The van der Waals surface area contributed by atoms with Crippen molar-refractivity contribution in [2.24, 2.45) is 5.73 Å². The van der Waals surface area contributed by atoms with Gasteiger partial charge in [-0.3, -0.25) is 4.79 Å². The lowest BCUT2D eigenvalue weighted by Crippen LogP contribution is -2.27. The summed E-state index contributed by atoms with van der Waals surface area (Å²) in [5, 5.41) is 4.06. The van der Waals surface area contributed by atoms with Crippen LogP contribution >= 0.6 is 47.4 Å². The summed E-state index contributed by atoms with van der Waals surface area (Å²) in [7, 11) is 0. The van der Waals surface area contributed by atoms with E-state index in [9.17, 15) is 4.79 Å². The van der Waals surface area contributed by atoms with Gasteiger partial charge in [-0.1, -0.05) is 29.3 Å². The first-order valence-corrected chi connectivity index (χ1v) is 7.53. The Balaban J connectivity index is 0.00000324. The Bertz CT molecular complexity index is 405. The van der Waals surface area contributed by atoms with Crippen molar-refractivity contribution in [2.45, 2.75) is 12.2 Å². The van der Waals surface area contributed by atoms with Crippen molar-refractivity contribution in [1.82, 2.24) is 5.32 Å². The van der Waals surface area contributed by atoms with Gasteiger partial charge in [0.15, 0.2) is 0 Å². The highest BCUT2D eigenvalue weighted by Gasteiger charge is 2.04. The monoisotopic (exact) mass is 342 g/mol. The fourth-order valence-corrected chi connectivity index (χ4v) is 2.69. The fraction of sp³-hybridized carbons (Fsp3) is 0.417. The number of thioether (sulfide) groups is 1. The molecule has 0 radical (unpaired) electrons. The van der Waals surface area contributed by atoms with E-state index in [-0.39, 0.29) is 18.3 Å². The molecule has 0 spiro atoms. The van der Waals surface area contributed by atoms with Gasteiger partial charge in [0.25, 0.3) is 0 Å². The average molecular weight is 344 g/mol. The average Bonchev–Trinajstić information content (AvgIpc) is 2.32. The SMILES string of the molecule is Cl.NCCCNC(=O)CSCc1ccc(Cl)cc1Cl. The lowest BCUT2D eigenvalue weighted by molar-refractivity contribution is -0.118.